The van der Waals surface area contributed by atoms with Gasteiger partial charge in [0, 0.05) is 28.6 Å². The number of thiazole rings is 1. The molecule has 0 radical (unpaired) electrons. The maximum atomic E-state index is 11.9. The van der Waals surface area contributed by atoms with Crippen molar-refractivity contribution in [2.45, 2.75) is 32.6 Å². The Morgan fingerprint density at radius 2 is 1.74 bits per heavy atom. The van der Waals surface area contributed by atoms with E-state index in [4.69, 9.17) is 9.72 Å². The van der Waals surface area contributed by atoms with Gasteiger partial charge in [0.25, 0.3) is 0 Å². The fourth-order valence-electron chi connectivity index (χ4n) is 2.76. The summed E-state index contributed by atoms with van der Waals surface area (Å²) in [5, 5.41) is 5.98. The van der Waals surface area contributed by atoms with Crippen LogP contribution in [-0.2, 0) is 4.79 Å². The van der Waals surface area contributed by atoms with Crippen LogP contribution < -0.4 is 10.1 Å². The zero-order chi connectivity index (χ0) is 19.1. The van der Waals surface area contributed by atoms with Crippen molar-refractivity contribution < 1.29 is 9.53 Å². The third-order valence-corrected chi connectivity index (χ3v) is 5.20. The topological polar surface area (TPSA) is 51.2 Å². The molecule has 4 nitrogen and oxygen atoms in total. The van der Waals surface area contributed by atoms with Gasteiger partial charge in [0.15, 0.2) is 0 Å². The van der Waals surface area contributed by atoms with Crippen molar-refractivity contribution in [2.75, 3.05) is 12.4 Å². The summed E-state index contributed by atoms with van der Waals surface area (Å²) in [6, 6.07) is 15.8. The molecule has 0 spiro atoms. The van der Waals surface area contributed by atoms with Crippen LogP contribution in [0.2, 0.25) is 0 Å². The number of aromatic nitrogens is 1. The molecule has 140 valence electrons. The van der Waals surface area contributed by atoms with E-state index in [1.165, 1.54) is 0 Å². The first-order valence-corrected chi connectivity index (χ1v) is 10.1. The molecule has 0 bridgehead atoms. The summed E-state index contributed by atoms with van der Waals surface area (Å²) in [5.41, 5.74) is 3.87. The Balaban J connectivity index is 1.65. The Bertz CT molecular complexity index is 870. The smallest absolute Gasteiger partial charge is 0.224 e. The number of methoxy groups -OCH3 is 1. The second-order valence-electron chi connectivity index (χ2n) is 6.35. The molecule has 1 N–H and O–H groups in total. The fourth-order valence-corrected chi connectivity index (χ4v) is 3.59. The van der Waals surface area contributed by atoms with Crippen LogP contribution in [0.15, 0.2) is 53.9 Å². The summed E-state index contributed by atoms with van der Waals surface area (Å²) in [4.78, 5) is 16.7. The zero-order valence-corrected chi connectivity index (χ0v) is 16.5. The predicted octanol–water partition coefficient (Wildman–Crippen LogP) is 6.00. The highest BCUT2D eigenvalue weighted by Crippen LogP contribution is 2.30. The first-order valence-electron chi connectivity index (χ1n) is 9.20. The first kappa shape index (κ1) is 19.1. The minimum absolute atomic E-state index is 0.0756. The molecule has 1 aromatic heterocycles. The molecular formula is C22H24N2O2S. The average molecular weight is 381 g/mol. The average Bonchev–Trinajstić information content (AvgIpc) is 3.19. The van der Waals surface area contributed by atoms with Crippen molar-refractivity contribution in [2.24, 2.45) is 0 Å². The highest BCUT2D eigenvalue weighted by molar-refractivity contribution is 7.13. The molecule has 0 fully saturated rings. The van der Waals surface area contributed by atoms with E-state index in [1.807, 2.05) is 48.5 Å². The molecule has 0 saturated heterocycles. The van der Waals surface area contributed by atoms with Crippen LogP contribution in [0.3, 0.4) is 0 Å². The number of rotatable bonds is 8. The number of nitrogens with zero attached hydrogens (tertiary/aromatic N) is 1. The van der Waals surface area contributed by atoms with Gasteiger partial charge in [-0.3, -0.25) is 4.79 Å². The molecule has 0 aliphatic carbocycles. The van der Waals surface area contributed by atoms with Crippen molar-refractivity contribution >= 4 is 22.9 Å². The summed E-state index contributed by atoms with van der Waals surface area (Å²) in [5.74, 6) is 0.912. The summed E-state index contributed by atoms with van der Waals surface area (Å²) in [6.07, 6.45) is 3.72. The molecule has 2 aromatic carbocycles. The van der Waals surface area contributed by atoms with Crippen molar-refractivity contribution in [1.29, 1.82) is 0 Å². The Morgan fingerprint density at radius 3 is 2.41 bits per heavy atom. The predicted molar refractivity (Wildman–Crippen MR) is 112 cm³/mol. The Kier molecular flexibility index (Phi) is 6.60. The number of carbonyl (C=O) groups is 1. The summed E-state index contributed by atoms with van der Waals surface area (Å²) in [6.45, 7) is 2.13. The summed E-state index contributed by atoms with van der Waals surface area (Å²) < 4.78 is 5.20. The zero-order valence-electron chi connectivity index (χ0n) is 15.7. The molecular weight excluding hydrogens is 356 g/mol. The van der Waals surface area contributed by atoms with Gasteiger partial charge in [0.05, 0.1) is 12.8 Å². The van der Waals surface area contributed by atoms with Gasteiger partial charge < -0.3 is 10.1 Å². The molecule has 0 atom stereocenters. The lowest BCUT2D eigenvalue weighted by Crippen LogP contribution is -2.10. The standard InChI is InChI=1S/C22H24N2O2S/c1-3-4-5-6-21(25)23-18-11-7-16(8-12-18)20-15-27-22(24-20)17-9-13-19(26-2)14-10-17/h7-15H,3-6H2,1-2H3,(H,23,25). The molecule has 0 aliphatic rings. The summed E-state index contributed by atoms with van der Waals surface area (Å²) >= 11 is 1.62. The van der Waals surface area contributed by atoms with E-state index >= 15 is 0 Å². The molecule has 27 heavy (non-hydrogen) atoms. The highest BCUT2D eigenvalue weighted by Gasteiger charge is 2.08. The lowest BCUT2D eigenvalue weighted by Gasteiger charge is -2.05. The third kappa shape index (κ3) is 5.17. The lowest BCUT2D eigenvalue weighted by atomic mass is 10.1. The molecule has 0 unspecified atom stereocenters. The van der Waals surface area contributed by atoms with E-state index in [-0.39, 0.29) is 5.91 Å². The number of anilines is 1. The van der Waals surface area contributed by atoms with Crippen LogP contribution in [0.25, 0.3) is 21.8 Å². The molecule has 5 heteroatoms. The number of unbranched alkanes of at least 4 members (excludes halogenated alkanes) is 2. The van der Waals surface area contributed by atoms with Crippen LogP contribution in [0.4, 0.5) is 5.69 Å². The maximum absolute atomic E-state index is 11.9. The molecule has 3 aromatic rings. The van der Waals surface area contributed by atoms with Gasteiger partial charge >= 0.3 is 0 Å². The van der Waals surface area contributed by atoms with Crippen LogP contribution in [-0.4, -0.2) is 18.0 Å². The number of nitrogens with one attached hydrogen (secondary N) is 1. The van der Waals surface area contributed by atoms with Gasteiger partial charge in [-0.15, -0.1) is 11.3 Å². The quantitative estimate of drug-likeness (QED) is 0.487. The largest absolute Gasteiger partial charge is 0.497 e. The Hall–Kier alpha value is -2.66. The summed E-state index contributed by atoms with van der Waals surface area (Å²) in [7, 11) is 1.66. The normalized spacial score (nSPS) is 10.6. The molecule has 3 rings (SSSR count). The lowest BCUT2D eigenvalue weighted by molar-refractivity contribution is -0.116. The number of carbonyl (C=O) groups excluding carboxylic acids is 1. The van der Waals surface area contributed by atoms with E-state index in [9.17, 15) is 4.79 Å². The van der Waals surface area contributed by atoms with E-state index in [2.05, 4.69) is 17.6 Å². The van der Waals surface area contributed by atoms with Crippen molar-refractivity contribution in [3.05, 3.63) is 53.9 Å². The van der Waals surface area contributed by atoms with Gasteiger partial charge in [-0.2, -0.15) is 0 Å². The minimum atomic E-state index is 0.0756. The number of hydrogen-bond acceptors (Lipinski definition) is 4. The molecule has 0 saturated carbocycles. The van der Waals surface area contributed by atoms with Gasteiger partial charge in [-0.1, -0.05) is 31.9 Å². The minimum Gasteiger partial charge on any atom is -0.497 e. The molecule has 1 heterocycles. The van der Waals surface area contributed by atoms with Crippen molar-refractivity contribution in [3.63, 3.8) is 0 Å². The van der Waals surface area contributed by atoms with Crippen LogP contribution in [0.1, 0.15) is 32.6 Å². The van der Waals surface area contributed by atoms with Gasteiger partial charge in [0.1, 0.15) is 10.8 Å². The monoisotopic (exact) mass is 380 g/mol. The third-order valence-electron chi connectivity index (χ3n) is 4.31. The number of hydrogen-bond donors (Lipinski definition) is 1. The van der Waals surface area contributed by atoms with E-state index in [1.54, 1.807) is 18.4 Å². The Morgan fingerprint density at radius 1 is 1.04 bits per heavy atom. The highest BCUT2D eigenvalue weighted by atomic mass is 32.1. The van der Waals surface area contributed by atoms with Crippen molar-refractivity contribution in [1.82, 2.24) is 4.98 Å². The van der Waals surface area contributed by atoms with E-state index in [0.717, 1.165) is 52.5 Å². The number of amides is 1. The maximum Gasteiger partial charge on any atom is 0.224 e. The number of ether oxygens (including phenoxy) is 1. The molecule has 0 aliphatic heterocycles. The SMILES string of the molecule is CCCCCC(=O)Nc1ccc(-c2csc(-c3ccc(OC)cc3)n2)cc1. The van der Waals surface area contributed by atoms with E-state index < -0.39 is 0 Å². The van der Waals surface area contributed by atoms with Crippen LogP contribution in [0.5, 0.6) is 5.75 Å². The first-order chi connectivity index (χ1) is 13.2. The molecule has 1 amide bonds. The number of benzene rings is 2. The second kappa shape index (κ2) is 9.33. The van der Waals surface area contributed by atoms with Gasteiger partial charge in [-0.05, 0) is 42.8 Å². The van der Waals surface area contributed by atoms with Crippen LogP contribution >= 0.6 is 11.3 Å². The van der Waals surface area contributed by atoms with Gasteiger partial charge in [-0.25, -0.2) is 4.98 Å². The second-order valence-corrected chi connectivity index (χ2v) is 7.21. The van der Waals surface area contributed by atoms with Crippen LogP contribution in [0, 0.1) is 0 Å². The van der Waals surface area contributed by atoms with Gasteiger partial charge in [0.2, 0.25) is 5.91 Å². The van der Waals surface area contributed by atoms with Crippen molar-refractivity contribution in [3.8, 4) is 27.6 Å². The Labute approximate surface area is 164 Å². The fraction of sp³-hybridized carbons (Fsp3) is 0.273. The van der Waals surface area contributed by atoms with E-state index in [0.29, 0.717) is 6.42 Å².